The van der Waals surface area contributed by atoms with Gasteiger partial charge in [-0.1, -0.05) is 0 Å². The number of carbonyl (C=O) groups excluding carboxylic acids is 1. The highest BCUT2D eigenvalue weighted by Gasteiger charge is 2.17. The number of carboxylic acid groups (broad SMARTS) is 1. The van der Waals surface area contributed by atoms with Crippen molar-refractivity contribution in [1.29, 1.82) is 0 Å². The third-order valence-corrected chi connectivity index (χ3v) is 3.01. The first-order valence-electron chi connectivity index (χ1n) is 4.82. The number of pyridine rings is 1. The normalized spacial score (nSPS) is 10.1. The summed E-state index contributed by atoms with van der Waals surface area (Å²) < 4.78 is 13.2. The smallest absolute Gasteiger partial charge is 0.348 e. The van der Waals surface area contributed by atoms with E-state index in [1.165, 1.54) is 29.8 Å². The maximum atomic E-state index is 13.2. The Balaban J connectivity index is 2.25. The van der Waals surface area contributed by atoms with Crippen LogP contribution in [0.1, 0.15) is 20.0 Å². The van der Waals surface area contributed by atoms with Gasteiger partial charge in [-0.2, -0.15) is 4.39 Å². The van der Waals surface area contributed by atoms with Crippen LogP contribution < -0.4 is 5.32 Å². The Kier molecular flexibility index (Phi) is 3.33. The molecule has 2 N–H and O–H groups in total. The largest absolute Gasteiger partial charge is 0.477 e. The summed E-state index contributed by atoms with van der Waals surface area (Å²) in [4.78, 5) is 25.9. The summed E-state index contributed by atoms with van der Waals surface area (Å²) in [6, 6.07) is 4.13. The molecule has 0 aliphatic carbocycles. The molecule has 0 fully saturated rings. The quantitative estimate of drug-likeness (QED) is 0.835. The minimum absolute atomic E-state index is 0.00681. The first kappa shape index (κ1) is 12.2. The van der Waals surface area contributed by atoms with Crippen molar-refractivity contribution in [2.45, 2.75) is 0 Å². The Morgan fingerprint density at radius 2 is 2.17 bits per heavy atom. The number of nitrogens with one attached hydrogen (secondary N) is 1. The molecule has 0 aromatic carbocycles. The Bertz CT molecular complexity index is 612. The number of amides is 1. The number of carboxylic acids is 1. The van der Waals surface area contributed by atoms with Gasteiger partial charge in [-0.15, -0.1) is 11.3 Å². The second kappa shape index (κ2) is 4.92. The van der Waals surface area contributed by atoms with Crippen LogP contribution in [0, 0.1) is 5.95 Å². The van der Waals surface area contributed by atoms with Gasteiger partial charge in [0.15, 0.2) is 0 Å². The van der Waals surface area contributed by atoms with Crippen LogP contribution >= 0.6 is 11.3 Å². The minimum Gasteiger partial charge on any atom is -0.477 e. The second-order valence-electron chi connectivity index (χ2n) is 3.26. The molecule has 0 aliphatic heterocycles. The Morgan fingerprint density at radius 3 is 2.83 bits per heavy atom. The molecule has 2 rings (SSSR count). The molecule has 0 radical (unpaired) electrons. The standard InChI is InChI=1S/C11H7FN2O3S/c12-9-6(2-1-4-13-9)10(15)14-7-3-5-18-8(7)11(16)17/h1-5H,(H,14,15)(H,16,17). The molecule has 2 aromatic rings. The number of hydrogen-bond acceptors (Lipinski definition) is 4. The van der Waals surface area contributed by atoms with E-state index in [2.05, 4.69) is 10.3 Å². The van der Waals surface area contributed by atoms with E-state index >= 15 is 0 Å². The molecule has 0 spiro atoms. The fourth-order valence-corrected chi connectivity index (χ4v) is 2.01. The van der Waals surface area contributed by atoms with Gasteiger partial charge in [0.05, 0.1) is 11.3 Å². The number of aromatic nitrogens is 1. The molecule has 0 atom stereocenters. The maximum Gasteiger partial charge on any atom is 0.348 e. The molecular formula is C11H7FN2O3S. The highest BCUT2D eigenvalue weighted by Crippen LogP contribution is 2.22. The van der Waals surface area contributed by atoms with Gasteiger partial charge in [0, 0.05) is 6.20 Å². The molecule has 7 heteroatoms. The first-order valence-corrected chi connectivity index (χ1v) is 5.70. The van der Waals surface area contributed by atoms with Crippen molar-refractivity contribution in [2.24, 2.45) is 0 Å². The van der Waals surface area contributed by atoms with Gasteiger partial charge in [0.2, 0.25) is 5.95 Å². The van der Waals surface area contributed by atoms with Gasteiger partial charge in [0.25, 0.3) is 5.91 Å². The van der Waals surface area contributed by atoms with E-state index in [0.29, 0.717) is 0 Å². The van der Waals surface area contributed by atoms with E-state index in [-0.39, 0.29) is 16.1 Å². The van der Waals surface area contributed by atoms with Crippen molar-refractivity contribution < 1.29 is 19.1 Å². The van der Waals surface area contributed by atoms with Crippen molar-refractivity contribution in [3.63, 3.8) is 0 Å². The predicted molar refractivity (Wildman–Crippen MR) is 63.4 cm³/mol. The molecule has 2 aromatic heterocycles. The summed E-state index contributed by atoms with van der Waals surface area (Å²) >= 11 is 0.975. The van der Waals surface area contributed by atoms with Gasteiger partial charge in [0.1, 0.15) is 4.88 Å². The van der Waals surface area contributed by atoms with Crippen molar-refractivity contribution in [2.75, 3.05) is 5.32 Å². The SMILES string of the molecule is O=C(Nc1ccsc1C(=O)O)c1cccnc1F. The maximum absolute atomic E-state index is 13.2. The van der Waals surface area contributed by atoms with Crippen LogP contribution in [0.25, 0.3) is 0 Å². The fraction of sp³-hybridized carbons (Fsp3) is 0. The van der Waals surface area contributed by atoms with E-state index in [9.17, 15) is 14.0 Å². The van der Waals surface area contributed by atoms with E-state index < -0.39 is 17.8 Å². The molecule has 92 valence electrons. The van der Waals surface area contributed by atoms with E-state index in [4.69, 9.17) is 5.11 Å². The van der Waals surface area contributed by atoms with Crippen LogP contribution in [0.3, 0.4) is 0 Å². The zero-order valence-electron chi connectivity index (χ0n) is 8.88. The van der Waals surface area contributed by atoms with Crippen LogP contribution in [-0.4, -0.2) is 22.0 Å². The van der Waals surface area contributed by atoms with Gasteiger partial charge >= 0.3 is 5.97 Å². The molecule has 1 amide bonds. The molecule has 2 heterocycles. The average Bonchev–Trinajstić information content (AvgIpc) is 2.77. The molecular weight excluding hydrogens is 259 g/mol. The lowest BCUT2D eigenvalue weighted by Crippen LogP contribution is -2.15. The first-order chi connectivity index (χ1) is 8.59. The summed E-state index contributed by atoms with van der Waals surface area (Å²) in [5, 5.41) is 12.7. The van der Waals surface area contributed by atoms with Crippen molar-refractivity contribution >= 4 is 28.9 Å². The third kappa shape index (κ3) is 2.35. The summed E-state index contributed by atoms with van der Waals surface area (Å²) in [5.74, 6) is -2.78. The zero-order chi connectivity index (χ0) is 13.1. The van der Waals surface area contributed by atoms with E-state index in [0.717, 1.165) is 11.3 Å². The zero-order valence-corrected chi connectivity index (χ0v) is 9.70. The van der Waals surface area contributed by atoms with Crippen LogP contribution in [0.15, 0.2) is 29.8 Å². The molecule has 0 saturated heterocycles. The van der Waals surface area contributed by atoms with E-state index in [1.54, 1.807) is 0 Å². The van der Waals surface area contributed by atoms with Crippen LogP contribution in [0.4, 0.5) is 10.1 Å². The predicted octanol–water partition coefficient (Wildman–Crippen LogP) is 2.23. The van der Waals surface area contributed by atoms with Gasteiger partial charge < -0.3 is 10.4 Å². The Morgan fingerprint density at radius 1 is 1.39 bits per heavy atom. The highest BCUT2D eigenvalue weighted by molar-refractivity contribution is 7.12. The number of aromatic carboxylic acids is 1. The average molecular weight is 266 g/mol. The number of thiophene rings is 1. The number of hydrogen-bond donors (Lipinski definition) is 2. The molecule has 0 aliphatic rings. The third-order valence-electron chi connectivity index (χ3n) is 2.11. The summed E-state index contributed by atoms with van der Waals surface area (Å²) in [5.41, 5.74) is -0.0965. The molecule has 5 nitrogen and oxygen atoms in total. The number of rotatable bonds is 3. The summed E-state index contributed by atoms with van der Waals surface area (Å²) in [6.45, 7) is 0. The Labute approximate surface area is 105 Å². The highest BCUT2D eigenvalue weighted by atomic mass is 32.1. The lowest BCUT2D eigenvalue weighted by molar-refractivity contribution is 0.0703. The summed E-state index contributed by atoms with van der Waals surface area (Å²) in [6.07, 6.45) is 1.22. The number of anilines is 1. The van der Waals surface area contributed by atoms with Crippen LogP contribution in [0.5, 0.6) is 0 Å². The molecule has 0 bridgehead atoms. The van der Waals surface area contributed by atoms with Gasteiger partial charge in [-0.25, -0.2) is 9.78 Å². The number of nitrogens with zero attached hydrogens (tertiary/aromatic N) is 1. The molecule has 18 heavy (non-hydrogen) atoms. The fourth-order valence-electron chi connectivity index (χ4n) is 1.32. The van der Waals surface area contributed by atoms with Crippen LogP contribution in [0.2, 0.25) is 0 Å². The number of carbonyl (C=O) groups is 2. The lowest BCUT2D eigenvalue weighted by Gasteiger charge is -2.04. The summed E-state index contributed by atoms with van der Waals surface area (Å²) in [7, 11) is 0. The van der Waals surface area contributed by atoms with E-state index in [1.807, 2.05) is 0 Å². The minimum atomic E-state index is -1.15. The molecule has 0 saturated carbocycles. The topological polar surface area (TPSA) is 79.3 Å². The number of halogens is 1. The monoisotopic (exact) mass is 266 g/mol. The van der Waals surface area contributed by atoms with Crippen molar-refractivity contribution in [1.82, 2.24) is 4.98 Å². The van der Waals surface area contributed by atoms with Crippen LogP contribution in [-0.2, 0) is 0 Å². The van der Waals surface area contributed by atoms with Gasteiger partial charge in [-0.3, -0.25) is 4.79 Å². The molecule has 0 unspecified atom stereocenters. The Hall–Kier alpha value is -2.28. The van der Waals surface area contributed by atoms with Crippen molar-refractivity contribution in [3.8, 4) is 0 Å². The lowest BCUT2D eigenvalue weighted by atomic mass is 10.2. The van der Waals surface area contributed by atoms with Gasteiger partial charge in [-0.05, 0) is 23.6 Å². The van der Waals surface area contributed by atoms with Crippen molar-refractivity contribution in [3.05, 3.63) is 46.2 Å². The second-order valence-corrected chi connectivity index (χ2v) is 4.18.